The van der Waals surface area contributed by atoms with E-state index in [1.165, 1.54) is 31.2 Å². The van der Waals surface area contributed by atoms with Crippen LogP contribution in [0.15, 0.2) is 66.7 Å². The number of ether oxygens (including phenoxy) is 3. The average Bonchev–Trinajstić information content (AvgIpc) is 1.33. The fourth-order valence-electron chi connectivity index (χ4n) is 13.0. The van der Waals surface area contributed by atoms with Gasteiger partial charge < -0.3 is 55.7 Å². The van der Waals surface area contributed by atoms with Crippen molar-refractivity contribution in [3.8, 4) is 0 Å². The van der Waals surface area contributed by atoms with Crippen LogP contribution in [0.5, 0.6) is 0 Å². The Morgan fingerprint density at radius 1 is 0.723 bits per heavy atom. The summed E-state index contributed by atoms with van der Waals surface area (Å²) in [6.07, 6.45) is 3.38. The number of likely N-dealkylation sites (N-methyl/N-ethyl adjacent to an activating group) is 2. The summed E-state index contributed by atoms with van der Waals surface area (Å²) >= 11 is 0. The number of nitrogens with zero attached hydrogens (tertiary/aromatic N) is 4. The number of imide groups is 1. The number of carbonyl (C=O) groups is 11. The molecule has 6 N–H and O–H groups in total. The first-order chi connectivity index (χ1) is 44.5. The number of aliphatic hydroxyl groups excluding tert-OH is 1. The number of primary amides is 1. The van der Waals surface area contributed by atoms with Crippen LogP contribution in [0.4, 0.5) is 15.3 Å². The van der Waals surface area contributed by atoms with Crippen LogP contribution in [0, 0.1) is 47.3 Å². The summed E-state index contributed by atoms with van der Waals surface area (Å²) in [6.45, 7) is 19.3. The number of likely N-dealkylation sites (tertiary alicyclic amines) is 1. The van der Waals surface area contributed by atoms with Gasteiger partial charge in [0.15, 0.2) is 11.6 Å². The van der Waals surface area contributed by atoms with E-state index in [2.05, 4.69) is 16.0 Å². The molecule has 1 saturated heterocycles. The van der Waals surface area contributed by atoms with Crippen molar-refractivity contribution in [1.82, 2.24) is 30.2 Å². The van der Waals surface area contributed by atoms with Crippen molar-refractivity contribution < 1.29 is 72.1 Å². The molecule has 0 aromatic heterocycles. The van der Waals surface area contributed by atoms with Gasteiger partial charge in [-0.15, -0.1) is 0 Å². The predicted molar refractivity (Wildman–Crippen MR) is 357 cm³/mol. The minimum absolute atomic E-state index is 0.0541. The zero-order valence-corrected chi connectivity index (χ0v) is 58.1. The molecule has 12 atom stereocenters. The highest BCUT2D eigenvalue weighted by Gasteiger charge is 2.44. The molecule has 0 radical (unpaired) electrons. The van der Waals surface area contributed by atoms with Crippen LogP contribution in [0.3, 0.4) is 0 Å². The summed E-state index contributed by atoms with van der Waals surface area (Å²) in [7, 11) is 6.24. The molecule has 4 rings (SSSR count). The van der Waals surface area contributed by atoms with Crippen LogP contribution in [0.2, 0.25) is 0 Å². The Hall–Kier alpha value is -7.37. The molecule has 0 unspecified atom stereocenters. The number of nitrogens with one attached hydrogen (secondary N) is 3. The largest absolute Gasteiger partial charge is 0.445 e. The van der Waals surface area contributed by atoms with E-state index in [-0.39, 0.29) is 141 Å². The van der Waals surface area contributed by atoms with E-state index < -0.39 is 72.2 Å². The lowest BCUT2D eigenvalue weighted by Crippen LogP contribution is -2.54. The molecule has 9 amide bonds. The predicted octanol–water partition coefficient (Wildman–Crippen LogP) is 8.35. The first-order valence-electron chi connectivity index (χ1n) is 33.6. The van der Waals surface area contributed by atoms with Gasteiger partial charge in [-0.05, 0) is 91.4 Å². The number of ketones is 3. The number of amides is 9. The third-order valence-electron chi connectivity index (χ3n) is 18.7. The highest BCUT2D eigenvalue weighted by Crippen LogP contribution is 2.34. The maximum Gasteiger partial charge on any atom is 0.410 e. The minimum Gasteiger partial charge on any atom is -0.445 e. The maximum atomic E-state index is 14.9. The van der Waals surface area contributed by atoms with Crippen molar-refractivity contribution in [2.24, 2.45) is 53.1 Å². The molecule has 23 heteroatoms. The SMILES string of the molecule is CC[C@H](C)[C@@H]([C@@H](CC(=O)N1CCC[C@H]1[C@H](OC)[C@@H](C)C(=O)C[C@H](C)[C@@H](O)c1ccccc1)OC)N(C)C(=O)[C@@H](CC(=O)[C@H](C(C)C)N(C)C(=O)OCc1ccc(NC(=O)[C@H](CCCNC(N)=O)CC(=O)[C@@H](NC(=O)CCCCCN2C(=O)C=CC2=O)C(C)C)cc1)C(C)C. The van der Waals surface area contributed by atoms with Crippen molar-refractivity contribution in [3.05, 3.63) is 77.9 Å². The normalized spacial score (nSPS) is 17.5. The third-order valence-corrected chi connectivity index (χ3v) is 18.7. The van der Waals surface area contributed by atoms with Crippen LogP contribution < -0.4 is 21.7 Å². The number of aliphatic hydroxyl groups is 1. The first kappa shape index (κ1) is 79.1. The average molecular weight is 1310 g/mol. The number of carbonyl (C=O) groups excluding carboxylic acids is 11. The van der Waals surface area contributed by atoms with E-state index in [9.17, 15) is 57.8 Å². The third kappa shape index (κ3) is 23.2. The molecule has 0 bridgehead atoms. The van der Waals surface area contributed by atoms with Crippen molar-refractivity contribution in [2.75, 3.05) is 53.3 Å². The number of hydrogen-bond acceptors (Lipinski definition) is 15. The number of benzene rings is 2. The Labute approximate surface area is 556 Å². The number of anilines is 1. The van der Waals surface area contributed by atoms with E-state index in [0.29, 0.717) is 62.7 Å². The van der Waals surface area contributed by atoms with E-state index in [0.717, 1.165) is 10.5 Å². The molecule has 2 aromatic carbocycles. The summed E-state index contributed by atoms with van der Waals surface area (Å²) in [4.78, 5) is 153. The molecule has 94 heavy (non-hydrogen) atoms. The van der Waals surface area contributed by atoms with E-state index in [4.69, 9.17) is 19.9 Å². The van der Waals surface area contributed by atoms with Crippen molar-refractivity contribution in [3.63, 3.8) is 0 Å². The second kappa shape index (κ2) is 38.9. The Balaban J connectivity index is 1.37. The number of hydrogen-bond donors (Lipinski definition) is 5. The molecular formula is C71H108N8O15. The Morgan fingerprint density at radius 2 is 1.37 bits per heavy atom. The summed E-state index contributed by atoms with van der Waals surface area (Å²) in [5, 5.41) is 19.2. The smallest absolute Gasteiger partial charge is 0.410 e. The van der Waals surface area contributed by atoms with Crippen molar-refractivity contribution in [1.29, 1.82) is 0 Å². The Morgan fingerprint density at radius 3 is 1.95 bits per heavy atom. The lowest BCUT2D eigenvalue weighted by atomic mass is 9.83. The first-order valence-corrected chi connectivity index (χ1v) is 33.6. The van der Waals surface area contributed by atoms with Gasteiger partial charge in [-0.3, -0.25) is 48.1 Å². The molecule has 2 heterocycles. The summed E-state index contributed by atoms with van der Waals surface area (Å²) in [5.41, 5.74) is 6.94. The molecule has 0 aliphatic carbocycles. The Kier molecular flexibility index (Phi) is 32.7. The molecule has 2 aliphatic rings. The topological polar surface area (TPSA) is 311 Å². The maximum absolute atomic E-state index is 14.9. The zero-order valence-electron chi connectivity index (χ0n) is 58.1. The lowest BCUT2D eigenvalue weighted by Gasteiger charge is -2.41. The Bertz CT molecular complexity index is 2870. The molecular weight excluding hydrogens is 1200 g/mol. The van der Waals surface area contributed by atoms with Crippen LogP contribution in [-0.4, -0.2) is 174 Å². The summed E-state index contributed by atoms with van der Waals surface area (Å²) in [5.74, 6) is -6.50. The van der Waals surface area contributed by atoms with Gasteiger partial charge >= 0.3 is 12.1 Å². The number of urea groups is 1. The molecule has 2 aromatic rings. The highest BCUT2D eigenvalue weighted by molar-refractivity contribution is 6.12. The molecule has 1 fully saturated rings. The van der Waals surface area contributed by atoms with Gasteiger partial charge in [0.05, 0.1) is 48.9 Å². The number of rotatable bonds is 41. The fraction of sp³-hybridized carbons (Fsp3) is 0.648. The van der Waals surface area contributed by atoms with Gasteiger partial charge in [0.2, 0.25) is 23.6 Å². The molecule has 0 spiro atoms. The second-order valence-corrected chi connectivity index (χ2v) is 26.7. The number of unbranched alkanes of at least 4 members (excludes halogenated alkanes) is 2. The van der Waals surface area contributed by atoms with E-state index >= 15 is 0 Å². The zero-order chi connectivity index (χ0) is 70.1. The van der Waals surface area contributed by atoms with Crippen molar-refractivity contribution >= 4 is 70.6 Å². The van der Waals surface area contributed by atoms with Crippen LogP contribution in [0.1, 0.15) is 170 Å². The van der Waals surface area contributed by atoms with E-state index in [1.807, 2.05) is 85.7 Å². The highest BCUT2D eigenvalue weighted by atomic mass is 16.6. The fourth-order valence-corrected chi connectivity index (χ4v) is 13.0. The molecule has 522 valence electrons. The van der Waals surface area contributed by atoms with Crippen LogP contribution >= 0.6 is 0 Å². The lowest BCUT2D eigenvalue weighted by molar-refractivity contribution is -0.149. The standard InChI is InChI=1S/C71H108N8O15/c1-15-46(8)65(58(92-13)41-62(86)78-37-23-27-54(78)67(93-14)48(10)55(80)38-47(9)66(87)50-24-18-16-19-25-50)76(11)69(89)53(43(2)3)40-57(82)64(45(6)7)77(12)71(91)94-42-49-29-31-52(32-30-49)74-68(88)51(26-22-35-73-70(72)90)39-56(81)63(44(4)5)75-59(83)28-20-17-21-36-79-60(84)33-34-61(79)85/h16,18-19,24-25,29-34,43-48,51,53-54,58,63-67,87H,15,17,20-23,26-28,35-42H2,1-14H3,(H,74,88)(H,75,83)(H3,72,73,90)/t46-,47-,48-,51+,53-,54-,58+,63-,64-,65-,66+,67+/m0/s1. The second-order valence-electron chi connectivity index (χ2n) is 26.7. The quantitative estimate of drug-likeness (QED) is 0.0309. The van der Waals surface area contributed by atoms with Gasteiger partial charge in [-0.25, -0.2) is 9.59 Å². The van der Waals surface area contributed by atoms with Gasteiger partial charge in [-0.2, -0.15) is 0 Å². The summed E-state index contributed by atoms with van der Waals surface area (Å²) in [6, 6.07) is 12.2. The van der Waals surface area contributed by atoms with Gasteiger partial charge in [0.25, 0.3) is 11.8 Å². The monoisotopic (exact) mass is 1310 g/mol. The number of nitrogens with two attached hydrogens (primary N) is 1. The van der Waals surface area contributed by atoms with E-state index in [1.54, 1.807) is 62.1 Å². The minimum atomic E-state index is -0.966. The van der Waals surface area contributed by atoms with Gasteiger partial charge in [0, 0.05) is 109 Å². The molecule has 2 aliphatic heterocycles. The summed E-state index contributed by atoms with van der Waals surface area (Å²) < 4.78 is 17.9. The van der Waals surface area contributed by atoms with Crippen LogP contribution in [-0.2, 0) is 64.0 Å². The van der Waals surface area contributed by atoms with Gasteiger partial charge in [0.1, 0.15) is 12.4 Å². The van der Waals surface area contributed by atoms with Crippen LogP contribution in [0.25, 0.3) is 0 Å². The van der Waals surface area contributed by atoms with Gasteiger partial charge in [-0.1, -0.05) is 125 Å². The molecule has 0 saturated carbocycles. The number of methoxy groups -OCH3 is 2. The van der Waals surface area contributed by atoms with Crippen molar-refractivity contribution in [2.45, 2.75) is 202 Å². The molecule has 23 nitrogen and oxygen atoms in total. The number of Topliss-reactive ketones (excluding diaryl/α,β-unsaturated/α-hetero) is 3.